The molecule has 10 heteroatoms. The maximum absolute atomic E-state index is 12.7. The number of nitrogens with one attached hydrogen (secondary N) is 1. The topological polar surface area (TPSA) is 114 Å². The molecule has 9 nitrogen and oxygen atoms in total. The number of nitriles is 1. The Morgan fingerprint density at radius 3 is 2.71 bits per heavy atom. The van der Waals surface area contributed by atoms with Gasteiger partial charge in [-0.3, -0.25) is 4.79 Å². The number of thioether (sulfide) groups is 1. The van der Waals surface area contributed by atoms with Gasteiger partial charge in [0.15, 0.2) is 5.82 Å². The van der Waals surface area contributed by atoms with Gasteiger partial charge in [-0.15, -0.1) is 5.10 Å². The van der Waals surface area contributed by atoms with Crippen LogP contribution in [0.2, 0.25) is 0 Å². The first-order chi connectivity index (χ1) is 15.1. The molecule has 0 unspecified atom stereocenters. The summed E-state index contributed by atoms with van der Waals surface area (Å²) < 4.78 is 3.14. The number of para-hydroxylation sites is 1. The third-order valence-electron chi connectivity index (χ3n) is 4.50. The average molecular weight is 430 g/mol. The SMILES string of the molecule is Cc1ccc(-n2nnnc2SCC(=O)Nc2c(C#N)cnn2-c2ccccc2)c(C)c1. The number of hydrogen-bond acceptors (Lipinski definition) is 7. The first kappa shape index (κ1) is 20.3. The van der Waals surface area contributed by atoms with Gasteiger partial charge in [0.05, 0.1) is 23.3 Å². The first-order valence-corrected chi connectivity index (χ1v) is 10.4. The summed E-state index contributed by atoms with van der Waals surface area (Å²) in [6.45, 7) is 4.01. The first-order valence-electron chi connectivity index (χ1n) is 9.39. The molecule has 2 heterocycles. The molecule has 0 saturated heterocycles. The van der Waals surface area contributed by atoms with Crippen LogP contribution in [0.25, 0.3) is 11.4 Å². The molecule has 1 amide bonds. The van der Waals surface area contributed by atoms with Crippen molar-refractivity contribution in [1.29, 1.82) is 5.26 Å². The van der Waals surface area contributed by atoms with Crippen LogP contribution in [0.15, 0.2) is 59.9 Å². The van der Waals surface area contributed by atoms with Crippen LogP contribution < -0.4 is 5.32 Å². The summed E-state index contributed by atoms with van der Waals surface area (Å²) in [7, 11) is 0. The summed E-state index contributed by atoms with van der Waals surface area (Å²) in [5.41, 5.74) is 4.05. The van der Waals surface area contributed by atoms with Gasteiger partial charge >= 0.3 is 0 Å². The largest absolute Gasteiger partial charge is 0.309 e. The molecule has 0 saturated carbocycles. The Kier molecular flexibility index (Phi) is 5.77. The second kappa shape index (κ2) is 8.81. The minimum absolute atomic E-state index is 0.0656. The van der Waals surface area contributed by atoms with Crippen LogP contribution in [0.3, 0.4) is 0 Å². The smallest absolute Gasteiger partial charge is 0.236 e. The average Bonchev–Trinajstić information content (AvgIpc) is 3.39. The number of benzene rings is 2. The van der Waals surface area contributed by atoms with Crippen molar-refractivity contribution in [3.63, 3.8) is 0 Å². The van der Waals surface area contributed by atoms with Crippen molar-refractivity contribution in [2.45, 2.75) is 19.0 Å². The van der Waals surface area contributed by atoms with Crippen LogP contribution in [-0.2, 0) is 4.79 Å². The number of amides is 1. The molecule has 154 valence electrons. The minimum Gasteiger partial charge on any atom is -0.309 e. The van der Waals surface area contributed by atoms with E-state index in [0.29, 0.717) is 11.0 Å². The van der Waals surface area contributed by atoms with Crippen LogP contribution in [0, 0.1) is 25.2 Å². The highest BCUT2D eigenvalue weighted by Crippen LogP contribution is 2.23. The number of carbonyl (C=O) groups excluding carboxylic acids is 1. The van der Waals surface area contributed by atoms with Crippen LogP contribution in [-0.4, -0.2) is 41.6 Å². The van der Waals surface area contributed by atoms with Gasteiger partial charge < -0.3 is 5.32 Å². The van der Waals surface area contributed by atoms with Gasteiger partial charge in [0.1, 0.15) is 11.6 Å². The molecule has 0 spiro atoms. The van der Waals surface area contributed by atoms with Gasteiger partial charge in [0, 0.05) is 0 Å². The van der Waals surface area contributed by atoms with Crippen LogP contribution in [0.4, 0.5) is 5.82 Å². The van der Waals surface area contributed by atoms with Crippen molar-refractivity contribution >= 4 is 23.5 Å². The number of nitrogens with zero attached hydrogens (tertiary/aromatic N) is 7. The fraction of sp³-hybridized carbons (Fsp3) is 0.143. The Labute approximate surface area is 182 Å². The Bertz CT molecular complexity index is 1270. The molecular weight excluding hydrogens is 412 g/mol. The second-order valence-corrected chi connectivity index (χ2v) is 7.71. The van der Waals surface area contributed by atoms with Crippen molar-refractivity contribution in [2.75, 3.05) is 11.1 Å². The number of hydrogen-bond donors (Lipinski definition) is 1. The molecule has 1 N–H and O–H groups in total. The Morgan fingerprint density at radius 2 is 1.97 bits per heavy atom. The predicted octanol–water partition coefficient (Wildman–Crippen LogP) is 3.07. The van der Waals surface area contributed by atoms with E-state index in [1.54, 1.807) is 4.68 Å². The number of rotatable bonds is 6. The summed E-state index contributed by atoms with van der Waals surface area (Å²) in [4.78, 5) is 12.7. The standard InChI is InChI=1S/C21H18N8OS/c1-14-8-9-18(15(2)10-14)29-21(25-26-27-29)31-13-19(30)24-20-16(11-22)12-23-28(20)17-6-4-3-5-7-17/h3-10,12H,13H2,1-2H3,(H,24,30). The maximum Gasteiger partial charge on any atom is 0.236 e. The quantitative estimate of drug-likeness (QED) is 0.468. The molecule has 31 heavy (non-hydrogen) atoms. The molecular formula is C21H18N8OS. The molecule has 0 atom stereocenters. The highest BCUT2D eigenvalue weighted by Gasteiger charge is 2.17. The highest BCUT2D eigenvalue weighted by molar-refractivity contribution is 7.99. The van der Waals surface area contributed by atoms with Crippen molar-refractivity contribution < 1.29 is 4.79 Å². The van der Waals surface area contributed by atoms with Crippen molar-refractivity contribution in [2.24, 2.45) is 0 Å². The summed E-state index contributed by atoms with van der Waals surface area (Å²) >= 11 is 1.21. The predicted molar refractivity (Wildman–Crippen MR) is 116 cm³/mol. The lowest BCUT2D eigenvalue weighted by molar-refractivity contribution is -0.113. The van der Waals surface area contributed by atoms with E-state index < -0.39 is 0 Å². The van der Waals surface area contributed by atoms with E-state index in [1.807, 2.05) is 62.4 Å². The Balaban J connectivity index is 1.50. The van der Waals surface area contributed by atoms with Gasteiger partial charge in [0.25, 0.3) is 0 Å². The lowest BCUT2D eigenvalue weighted by Crippen LogP contribution is -2.18. The van der Waals surface area contributed by atoms with Crippen molar-refractivity contribution in [3.05, 3.63) is 71.4 Å². The second-order valence-electron chi connectivity index (χ2n) is 6.77. The van der Waals surface area contributed by atoms with E-state index in [1.165, 1.54) is 22.6 Å². The fourth-order valence-corrected chi connectivity index (χ4v) is 3.76. The van der Waals surface area contributed by atoms with E-state index in [2.05, 4.69) is 32.0 Å². The third kappa shape index (κ3) is 4.31. The van der Waals surface area contributed by atoms with E-state index in [-0.39, 0.29) is 17.2 Å². The normalized spacial score (nSPS) is 10.6. The van der Waals surface area contributed by atoms with E-state index in [9.17, 15) is 10.1 Å². The maximum atomic E-state index is 12.7. The molecule has 0 bridgehead atoms. The number of carbonyl (C=O) groups is 1. The van der Waals surface area contributed by atoms with Gasteiger partial charge in [-0.05, 0) is 48.0 Å². The molecule has 4 rings (SSSR count). The monoisotopic (exact) mass is 430 g/mol. The number of aryl methyl sites for hydroxylation is 2. The molecule has 0 aliphatic rings. The van der Waals surface area contributed by atoms with Crippen molar-refractivity contribution in [1.82, 2.24) is 30.0 Å². The lowest BCUT2D eigenvalue weighted by Gasteiger charge is -2.10. The molecule has 0 fully saturated rings. The van der Waals surface area contributed by atoms with Gasteiger partial charge in [0.2, 0.25) is 11.1 Å². The molecule has 4 aromatic rings. The van der Waals surface area contributed by atoms with Crippen molar-refractivity contribution in [3.8, 4) is 17.4 Å². The Morgan fingerprint density at radius 1 is 1.16 bits per heavy atom. The fourth-order valence-electron chi connectivity index (χ4n) is 3.08. The van der Waals surface area contributed by atoms with Gasteiger partial charge in [-0.2, -0.15) is 15.0 Å². The summed E-state index contributed by atoms with van der Waals surface area (Å²) in [5, 5.41) is 28.8. The van der Waals surface area contributed by atoms with Crippen LogP contribution in [0.5, 0.6) is 0 Å². The highest BCUT2D eigenvalue weighted by atomic mass is 32.2. The van der Waals surface area contributed by atoms with E-state index in [0.717, 1.165) is 22.5 Å². The summed E-state index contributed by atoms with van der Waals surface area (Å²) in [5.74, 6) is 0.0958. The Hall–Kier alpha value is -3.97. The zero-order valence-corrected chi connectivity index (χ0v) is 17.7. The summed E-state index contributed by atoms with van der Waals surface area (Å²) in [6, 6.07) is 17.3. The lowest BCUT2D eigenvalue weighted by atomic mass is 10.1. The number of aromatic nitrogens is 6. The molecule has 0 aliphatic carbocycles. The van der Waals surface area contributed by atoms with E-state index >= 15 is 0 Å². The molecule has 0 radical (unpaired) electrons. The molecule has 0 aliphatic heterocycles. The number of anilines is 1. The van der Waals surface area contributed by atoms with Crippen LogP contribution in [0.1, 0.15) is 16.7 Å². The van der Waals surface area contributed by atoms with Gasteiger partial charge in [-0.1, -0.05) is 47.7 Å². The minimum atomic E-state index is -0.297. The van der Waals surface area contributed by atoms with Gasteiger partial charge in [-0.25, -0.2) is 4.68 Å². The van der Waals surface area contributed by atoms with Crippen LogP contribution >= 0.6 is 11.8 Å². The van der Waals surface area contributed by atoms with E-state index in [4.69, 9.17) is 0 Å². The molecule has 2 aromatic carbocycles. The summed E-state index contributed by atoms with van der Waals surface area (Å²) in [6.07, 6.45) is 1.43. The third-order valence-corrected chi connectivity index (χ3v) is 5.42. The molecule has 2 aromatic heterocycles. The number of tetrazole rings is 1. The zero-order chi connectivity index (χ0) is 21.8. The zero-order valence-electron chi connectivity index (χ0n) is 16.9.